The van der Waals surface area contributed by atoms with Crippen molar-refractivity contribution in [2.24, 2.45) is 7.05 Å². The molecule has 2 aromatic heterocycles. The average Bonchev–Trinajstić information content (AvgIpc) is 3.37. The number of aryl methyl sites for hydroxylation is 2. The number of carbonyl (C=O) groups is 2. The number of fused-ring (bicyclic) bond motifs is 4. The van der Waals surface area contributed by atoms with Gasteiger partial charge in [0.05, 0.1) is 55.6 Å². The number of aromatic nitrogens is 5. The molecule has 51 heavy (non-hydrogen) atoms. The number of hydrogen-bond donors (Lipinski definition) is 1. The number of ether oxygens (including phenoxy) is 4. The molecule has 15 nitrogen and oxygen atoms in total. The summed E-state index contributed by atoms with van der Waals surface area (Å²) in [4.78, 5) is 73.1. The highest BCUT2D eigenvalue weighted by Gasteiger charge is 2.46. The Morgan fingerprint density at radius 2 is 1.63 bits per heavy atom. The Labute approximate surface area is 302 Å². The molecule has 4 aromatic rings. The van der Waals surface area contributed by atoms with Crippen molar-refractivity contribution < 1.29 is 33.6 Å². The molecule has 0 spiro atoms. The van der Waals surface area contributed by atoms with Gasteiger partial charge < -0.3 is 28.6 Å². The summed E-state index contributed by atoms with van der Waals surface area (Å²) in [6.45, 7) is -0.186. The Hall–Kier alpha value is -5.39. The minimum atomic E-state index is -0.978. The van der Waals surface area contributed by atoms with Gasteiger partial charge in [-0.15, -0.1) is 0 Å². The molecule has 7 rings (SSSR count). The van der Waals surface area contributed by atoms with Crippen molar-refractivity contribution in [3.05, 3.63) is 99.3 Å². The monoisotopic (exact) mass is 809 g/mol. The van der Waals surface area contributed by atoms with Gasteiger partial charge in [-0.1, -0.05) is 6.08 Å². The van der Waals surface area contributed by atoms with Crippen LogP contribution in [0, 0.1) is 0 Å². The van der Waals surface area contributed by atoms with E-state index in [-0.39, 0.29) is 69.2 Å². The summed E-state index contributed by atoms with van der Waals surface area (Å²) in [6.07, 6.45) is 2.93. The number of halogens is 1. The first-order valence-corrected chi connectivity index (χ1v) is 16.9. The zero-order valence-electron chi connectivity index (χ0n) is 28.2. The molecule has 1 N–H and O–H groups in total. The Balaban J connectivity index is 1.32. The van der Waals surface area contributed by atoms with Gasteiger partial charge in [0.15, 0.2) is 23.1 Å². The lowest BCUT2D eigenvalue weighted by Gasteiger charge is -2.40. The molecule has 0 saturated heterocycles. The first-order chi connectivity index (χ1) is 24.4. The first-order valence-electron chi connectivity index (χ1n) is 15.8. The molecule has 1 aliphatic heterocycles. The van der Waals surface area contributed by atoms with E-state index < -0.39 is 34.7 Å². The smallest absolute Gasteiger partial charge is 0.347 e. The molecular weight excluding hydrogens is 777 g/mol. The summed E-state index contributed by atoms with van der Waals surface area (Å²) in [5.74, 6) is -0.609. The summed E-state index contributed by atoms with van der Waals surface area (Å²) < 4.78 is 27.0. The van der Waals surface area contributed by atoms with Crippen LogP contribution in [0.3, 0.4) is 0 Å². The van der Waals surface area contributed by atoms with Gasteiger partial charge in [-0.2, -0.15) is 0 Å². The van der Waals surface area contributed by atoms with Gasteiger partial charge >= 0.3 is 11.4 Å². The number of rotatable bonds is 8. The molecule has 264 valence electrons. The second-order valence-corrected chi connectivity index (χ2v) is 13.4. The number of allylic oxidation sites excluding steroid dienone is 6. The lowest BCUT2D eigenvalue weighted by molar-refractivity contribution is -0.115. The second-order valence-electron chi connectivity index (χ2n) is 12.2. The topological polar surface area (TPSA) is 175 Å². The molecule has 0 bridgehead atoms. The van der Waals surface area contributed by atoms with E-state index in [2.05, 4.69) is 4.98 Å². The van der Waals surface area contributed by atoms with Crippen molar-refractivity contribution >= 4 is 45.2 Å². The maximum Gasteiger partial charge on any atom is 0.347 e. The van der Waals surface area contributed by atoms with Gasteiger partial charge in [-0.25, -0.2) is 28.5 Å². The third-order valence-electron chi connectivity index (χ3n) is 9.74. The molecule has 0 saturated carbocycles. The molecule has 0 radical (unpaired) electrons. The number of methoxy groups -OCH3 is 4. The van der Waals surface area contributed by atoms with E-state index in [0.717, 1.165) is 4.57 Å². The Kier molecular flexibility index (Phi) is 8.51. The minimum absolute atomic E-state index is 0.0298. The number of nitrogens with zero attached hydrogens (tertiary/aromatic N) is 5. The minimum Gasteiger partial charge on any atom is -0.507 e. The van der Waals surface area contributed by atoms with Gasteiger partial charge in [-0.3, -0.25) is 14.4 Å². The van der Waals surface area contributed by atoms with Crippen molar-refractivity contribution in [2.45, 2.75) is 37.9 Å². The number of hydrogen-bond acceptors (Lipinski definition) is 11. The summed E-state index contributed by atoms with van der Waals surface area (Å²) in [5, 5.41) is 11.3. The zero-order chi connectivity index (χ0) is 36.5. The van der Waals surface area contributed by atoms with Gasteiger partial charge in [0.25, 0.3) is 5.56 Å². The summed E-state index contributed by atoms with van der Waals surface area (Å²) >= 11 is 1.82. The molecular formula is C35H32IN5O10. The van der Waals surface area contributed by atoms with Gasteiger partial charge in [0.1, 0.15) is 22.9 Å². The van der Waals surface area contributed by atoms with Gasteiger partial charge in [0.2, 0.25) is 0 Å². The fourth-order valence-electron chi connectivity index (χ4n) is 7.29. The first kappa shape index (κ1) is 34.1. The fourth-order valence-corrected chi connectivity index (χ4v) is 7.87. The average molecular weight is 810 g/mol. The molecule has 0 amide bonds. The van der Waals surface area contributed by atoms with Crippen LogP contribution in [-0.4, -0.2) is 68.6 Å². The molecule has 2 aliphatic carbocycles. The van der Waals surface area contributed by atoms with Crippen molar-refractivity contribution in [2.75, 3.05) is 28.4 Å². The van der Waals surface area contributed by atoms with Crippen LogP contribution in [0.2, 0.25) is 0 Å². The number of aromatic hydroxyl groups is 1. The standard InChI is InChI=1S/C35H32IN5O10/c1-38-23-15-27(50-4)26(49-3)14-21(23)37-20(33(38)45)7-8-39-34(46)40-9-6-17-22(41(40)35(39)47)12-18-24(42)13-19(36)32(44)30(18)29(17)31-25(43)10-16(48-2)11-28(31)51-5/h6,10-11,13-15,22,29,43H,7-9,12H2,1-5H3/t22-,29+/m1/s1. The van der Waals surface area contributed by atoms with E-state index in [9.17, 15) is 29.1 Å². The van der Waals surface area contributed by atoms with Crippen LogP contribution in [-0.2, 0) is 36.1 Å². The maximum atomic E-state index is 14.2. The van der Waals surface area contributed by atoms with E-state index in [1.165, 1.54) is 54.5 Å². The summed E-state index contributed by atoms with van der Waals surface area (Å²) in [5.41, 5.74) is 0.582. The number of phenolic OH excluding ortho intramolecular Hbond substituents is 1. The predicted molar refractivity (Wildman–Crippen MR) is 192 cm³/mol. The number of ketones is 2. The highest BCUT2D eigenvalue weighted by atomic mass is 127. The number of Topliss-reactive ketones (excluding diaryl/α,β-unsaturated/α-hetero) is 1. The van der Waals surface area contributed by atoms with Crippen LogP contribution in [0.25, 0.3) is 11.0 Å². The quantitative estimate of drug-likeness (QED) is 0.157. The normalized spacial score (nSPS) is 18.2. The molecule has 2 atom stereocenters. The summed E-state index contributed by atoms with van der Waals surface area (Å²) in [6, 6.07) is 5.39. The lowest BCUT2D eigenvalue weighted by Crippen LogP contribution is -2.40. The van der Waals surface area contributed by atoms with Gasteiger partial charge in [0, 0.05) is 79.4 Å². The number of phenols is 1. The van der Waals surface area contributed by atoms with E-state index >= 15 is 0 Å². The van der Waals surface area contributed by atoms with Crippen LogP contribution in [0.1, 0.15) is 29.6 Å². The molecule has 3 aliphatic rings. The van der Waals surface area contributed by atoms with Crippen LogP contribution < -0.4 is 35.9 Å². The van der Waals surface area contributed by atoms with Crippen LogP contribution in [0.5, 0.6) is 28.7 Å². The molecule has 0 fully saturated rings. The lowest BCUT2D eigenvalue weighted by atomic mass is 9.68. The highest BCUT2D eigenvalue weighted by Crippen LogP contribution is 2.54. The number of benzene rings is 2. The molecule has 2 aromatic carbocycles. The van der Waals surface area contributed by atoms with E-state index in [0.29, 0.717) is 33.9 Å². The highest BCUT2D eigenvalue weighted by molar-refractivity contribution is 14.1. The second kappa shape index (κ2) is 12.7. The Morgan fingerprint density at radius 1 is 0.922 bits per heavy atom. The van der Waals surface area contributed by atoms with E-state index in [1.807, 2.05) is 22.6 Å². The van der Waals surface area contributed by atoms with Crippen molar-refractivity contribution in [3.63, 3.8) is 0 Å². The predicted octanol–water partition coefficient (Wildman–Crippen LogP) is 2.48. The van der Waals surface area contributed by atoms with Crippen molar-refractivity contribution in [1.29, 1.82) is 0 Å². The van der Waals surface area contributed by atoms with Gasteiger partial charge in [-0.05, 0) is 28.2 Å². The van der Waals surface area contributed by atoms with Crippen molar-refractivity contribution in [1.82, 2.24) is 23.5 Å². The summed E-state index contributed by atoms with van der Waals surface area (Å²) in [7, 11) is 7.42. The molecule has 16 heteroatoms. The third-order valence-corrected chi connectivity index (χ3v) is 10.5. The van der Waals surface area contributed by atoms with E-state index in [1.54, 1.807) is 31.3 Å². The maximum absolute atomic E-state index is 14.2. The van der Waals surface area contributed by atoms with Crippen LogP contribution in [0.15, 0.2) is 71.1 Å². The largest absolute Gasteiger partial charge is 0.507 e. The number of carbonyl (C=O) groups excluding carboxylic acids is 2. The molecule has 0 unspecified atom stereocenters. The Bertz CT molecular complexity index is 2480. The SMILES string of the molecule is COc1cc(O)c([C@H]2C3=CCn4c(=O)n(CCc5nc6cc(OC)c(OC)cc6n(C)c5=O)c(=O)n4[C@@H]3CC3=C2C(=O)C(I)=CC3=O)c(OC)c1. The third kappa shape index (κ3) is 5.22. The zero-order valence-corrected chi connectivity index (χ0v) is 30.3. The van der Waals surface area contributed by atoms with Crippen LogP contribution >= 0.6 is 22.6 Å². The fraction of sp³-hybridized carbons (Fsp3) is 0.314. The molecule has 3 heterocycles. The Morgan fingerprint density at radius 3 is 2.31 bits per heavy atom. The van der Waals surface area contributed by atoms with E-state index in [4.69, 9.17) is 18.9 Å². The van der Waals surface area contributed by atoms with Crippen LogP contribution in [0.4, 0.5) is 0 Å². The van der Waals surface area contributed by atoms with Crippen molar-refractivity contribution in [3.8, 4) is 28.7 Å².